The van der Waals surface area contributed by atoms with Crippen LogP contribution in [0.2, 0.25) is 0 Å². The molecular weight excluding hydrogens is 468 g/mol. The fraction of sp³-hybridized carbons (Fsp3) is 0.125. The number of azo groups is 1. The second-order valence-corrected chi connectivity index (χ2v) is 9.20. The van der Waals surface area contributed by atoms with Crippen LogP contribution in [0.15, 0.2) is 74.4 Å². The number of methoxy groups -OCH3 is 1. The average Bonchev–Trinajstić information content (AvgIpc) is 3.61. The Morgan fingerprint density at radius 2 is 1.88 bits per heavy atom. The minimum Gasteiger partial charge on any atom is -0.496 e. The molecule has 0 aliphatic heterocycles. The van der Waals surface area contributed by atoms with E-state index >= 15 is 0 Å². The van der Waals surface area contributed by atoms with E-state index in [1.54, 1.807) is 18.7 Å². The number of H-pyrrole nitrogens is 1. The molecule has 5 aromatic rings. The summed E-state index contributed by atoms with van der Waals surface area (Å²) in [6, 6.07) is 13.7. The smallest absolute Gasteiger partial charge is 0.301 e. The average molecular weight is 489 g/mol. The number of aromatic amines is 1. The van der Waals surface area contributed by atoms with Gasteiger partial charge in [-0.3, -0.25) is 9.89 Å². The lowest BCUT2D eigenvalue weighted by Gasteiger charge is -2.10. The molecule has 0 radical (unpaired) electrons. The van der Waals surface area contributed by atoms with E-state index in [0.29, 0.717) is 16.0 Å². The van der Waals surface area contributed by atoms with Crippen LogP contribution in [0.4, 0.5) is 10.8 Å². The van der Waals surface area contributed by atoms with Crippen LogP contribution in [0.3, 0.4) is 0 Å². The van der Waals surface area contributed by atoms with E-state index in [2.05, 4.69) is 25.3 Å². The van der Waals surface area contributed by atoms with Gasteiger partial charge in [0.05, 0.1) is 18.5 Å². The van der Waals surface area contributed by atoms with Gasteiger partial charge in [0.25, 0.3) is 0 Å². The quantitative estimate of drug-likeness (QED) is 0.278. The summed E-state index contributed by atoms with van der Waals surface area (Å²) < 4.78 is 6.96. The molecule has 170 valence electrons. The van der Waals surface area contributed by atoms with Crippen LogP contribution in [-0.2, 0) is 0 Å². The largest absolute Gasteiger partial charge is 0.496 e. The summed E-state index contributed by atoms with van der Waals surface area (Å²) in [5.41, 5.74) is 4.97. The van der Waals surface area contributed by atoms with E-state index in [0.717, 1.165) is 33.7 Å². The first-order chi connectivity index (χ1) is 16.5. The number of thiazole rings is 2. The van der Waals surface area contributed by atoms with Gasteiger partial charge in [0.15, 0.2) is 5.69 Å². The molecule has 0 unspecified atom stereocenters. The lowest BCUT2D eigenvalue weighted by molar-refractivity contribution is 0.411. The van der Waals surface area contributed by atoms with Crippen molar-refractivity contribution in [3.63, 3.8) is 0 Å². The van der Waals surface area contributed by atoms with Crippen molar-refractivity contribution in [2.75, 3.05) is 7.11 Å². The predicted molar refractivity (Wildman–Crippen MR) is 135 cm³/mol. The molecular formula is C24H20N6O2S2. The molecule has 3 heterocycles. The minimum absolute atomic E-state index is 0.178. The third-order valence-corrected chi connectivity index (χ3v) is 6.88. The second-order valence-electron chi connectivity index (χ2n) is 7.49. The van der Waals surface area contributed by atoms with Crippen molar-refractivity contribution in [2.45, 2.75) is 13.8 Å². The molecule has 2 aromatic carbocycles. The first-order valence-electron chi connectivity index (χ1n) is 10.4. The Bertz CT molecular complexity index is 1530. The first kappa shape index (κ1) is 21.9. The molecule has 0 fully saturated rings. The molecule has 34 heavy (non-hydrogen) atoms. The summed E-state index contributed by atoms with van der Waals surface area (Å²) in [4.78, 5) is 22.3. The van der Waals surface area contributed by atoms with Gasteiger partial charge < -0.3 is 4.74 Å². The zero-order valence-electron chi connectivity index (χ0n) is 18.6. The molecule has 0 saturated heterocycles. The molecule has 0 saturated carbocycles. The minimum atomic E-state index is -0.346. The van der Waals surface area contributed by atoms with Crippen LogP contribution in [0.25, 0.3) is 27.6 Å². The number of aryl methyl sites for hydroxylation is 1. The van der Waals surface area contributed by atoms with Crippen molar-refractivity contribution >= 4 is 33.5 Å². The highest BCUT2D eigenvalue weighted by Gasteiger charge is 2.20. The van der Waals surface area contributed by atoms with Crippen LogP contribution in [0.1, 0.15) is 11.1 Å². The highest BCUT2D eigenvalue weighted by atomic mass is 32.1. The molecule has 0 atom stereocenters. The molecule has 1 N–H and O–H groups in total. The monoisotopic (exact) mass is 488 g/mol. The Kier molecular flexibility index (Phi) is 5.91. The first-order valence-corrected chi connectivity index (χ1v) is 12.1. The van der Waals surface area contributed by atoms with Crippen molar-refractivity contribution in [1.82, 2.24) is 19.7 Å². The van der Waals surface area contributed by atoms with E-state index in [9.17, 15) is 4.79 Å². The SMILES string of the molecule is COc1cc(-c2[nH]n(-c3nc(-c4ccccc4)cs3)c(=O)c2N=Nc2nccs2)cc(C)c1C. The molecule has 0 spiro atoms. The van der Waals surface area contributed by atoms with Crippen LogP contribution in [0.5, 0.6) is 5.75 Å². The van der Waals surface area contributed by atoms with Gasteiger partial charge in [-0.15, -0.1) is 32.9 Å². The van der Waals surface area contributed by atoms with Gasteiger partial charge in [-0.25, -0.2) is 9.97 Å². The van der Waals surface area contributed by atoms with Crippen molar-refractivity contribution in [3.8, 4) is 33.4 Å². The molecule has 0 aliphatic rings. The van der Waals surface area contributed by atoms with E-state index in [1.165, 1.54) is 27.4 Å². The van der Waals surface area contributed by atoms with E-state index in [4.69, 9.17) is 4.74 Å². The van der Waals surface area contributed by atoms with Crippen molar-refractivity contribution in [2.24, 2.45) is 10.2 Å². The van der Waals surface area contributed by atoms with E-state index < -0.39 is 0 Å². The van der Waals surface area contributed by atoms with Crippen LogP contribution in [0, 0.1) is 13.8 Å². The number of ether oxygens (including phenoxy) is 1. The summed E-state index contributed by atoms with van der Waals surface area (Å²) in [6.07, 6.45) is 1.64. The summed E-state index contributed by atoms with van der Waals surface area (Å²) >= 11 is 2.71. The third-order valence-electron chi connectivity index (χ3n) is 5.40. The van der Waals surface area contributed by atoms with E-state index in [-0.39, 0.29) is 11.2 Å². The van der Waals surface area contributed by atoms with Crippen molar-refractivity contribution in [1.29, 1.82) is 0 Å². The lowest BCUT2D eigenvalue weighted by atomic mass is 10.0. The number of aromatic nitrogens is 4. The standard InChI is InChI=1S/C24H20N6O2S2/c1-14-11-17(12-19(32-3)15(14)2)20-21(27-28-23-25-9-10-33-23)22(31)30(29-20)24-26-18(13-34-24)16-7-5-4-6-8-16/h4-13,29H,1-3H3. The fourth-order valence-electron chi connectivity index (χ4n) is 3.51. The van der Waals surface area contributed by atoms with Crippen molar-refractivity contribution < 1.29 is 4.74 Å². The third kappa shape index (κ3) is 4.09. The van der Waals surface area contributed by atoms with Crippen molar-refractivity contribution in [3.05, 3.63) is 80.9 Å². The number of nitrogens with zero attached hydrogens (tertiary/aromatic N) is 5. The van der Waals surface area contributed by atoms with Gasteiger partial charge in [0, 0.05) is 28.1 Å². The Morgan fingerprint density at radius 1 is 1.06 bits per heavy atom. The zero-order chi connectivity index (χ0) is 23.7. The summed E-state index contributed by atoms with van der Waals surface area (Å²) in [5.74, 6) is 0.729. The van der Waals surface area contributed by atoms with Gasteiger partial charge >= 0.3 is 5.56 Å². The summed E-state index contributed by atoms with van der Waals surface area (Å²) in [7, 11) is 1.63. The lowest BCUT2D eigenvalue weighted by Crippen LogP contribution is -2.13. The molecule has 8 nitrogen and oxygen atoms in total. The van der Waals surface area contributed by atoms with Gasteiger partial charge in [0.2, 0.25) is 10.3 Å². The molecule has 3 aromatic heterocycles. The Balaban J connectivity index is 1.66. The van der Waals surface area contributed by atoms with Gasteiger partial charge in [0.1, 0.15) is 5.75 Å². The highest BCUT2D eigenvalue weighted by Crippen LogP contribution is 2.34. The Labute approximate surface area is 203 Å². The normalized spacial score (nSPS) is 11.4. The van der Waals surface area contributed by atoms with Gasteiger partial charge in [-0.1, -0.05) is 30.3 Å². The van der Waals surface area contributed by atoms with Crippen LogP contribution < -0.4 is 10.3 Å². The number of nitrogens with one attached hydrogen (secondary N) is 1. The number of rotatable bonds is 6. The Hall–Kier alpha value is -3.89. The number of benzene rings is 2. The van der Waals surface area contributed by atoms with Crippen LogP contribution >= 0.6 is 22.7 Å². The van der Waals surface area contributed by atoms with Crippen LogP contribution in [-0.4, -0.2) is 26.9 Å². The maximum Gasteiger partial charge on any atom is 0.301 e. The highest BCUT2D eigenvalue weighted by molar-refractivity contribution is 7.13. The summed E-state index contributed by atoms with van der Waals surface area (Å²) in [5, 5.41) is 16.4. The second kappa shape index (κ2) is 9.16. The van der Waals surface area contributed by atoms with E-state index in [1.807, 2.05) is 61.7 Å². The van der Waals surface area contributed by atoms with Gasteiger partial charge in [-0.05, 0) is 37.1 Å². The number of hydrogen-bond acceptors (Lipinski definition) is 8. The summed E-state index contributed by atoms with van der Waals surface area (Å²) in [6.45, 7) is 4.00. The number of hydrogen-bond donors (Lipinski definition) is 1. The zero-order valence-corrected chi connectivity index (χ0v) is 20.3. The molecule has 0 bridgehead atoms. The molecule has 10 heteroatoms. The molecule has 5 rings (SSSR count). The fourth-order valence-corrected chi connectivity index (χ4v) is 4.75. The predicted octanol–water partition coefficient (Wildman–Crippen LogP) is 6.45. The Morgan fingerprint density at radius 3 is 2.62 bits per heavy atom. The topological polar surface area (TPSA) is 97.5 Å². The maximum absolute atomic E-state index is 13.5. The van der Waals surface area contributed by atoms with Gasteiger partial charge in [-0.2, -0.15) is 4.68 Å². The molecule has 0 aliphatic carbocycles. The molecule has 0 amide bonds. The maximum atomic E-state index is 13.5.